The van der Waals surface area contributed by atoms with Crippen molar-refractivity contribution < 1.29 is 24.2 Å². The number of hydrogen-bond acceptors (Lipinski definition) is 4. The molecule has 1 fully saturated rings. The zero-order chi connectivity index (χ0) is 16.2. The van der Waals surface area contributed by atoms with Gasteiger partial charge in [-0.05, 0) is 18.2 Å². The molecule has 118 valence electrons. The van der Waals surface area contributed by atoms with E-state index in [-0.39, 0.29) is 26.2 Å². The van der Waals surface area contributed by atoms with E-state index in [0.717, 1.165) is 4.47 Å². The number of carbonyl (C=O) groups is 3. The molecular formula is C14H15BrN2O5. The van der Waals surface area contributed by atoms with Crippen LogP contribution < -0.4 is 10.6 Å². The van der Waals surface area contributed by atoms with E-state index in [0.29, 0.717) is 5.56 Å². The predicted molar refractivity (Wildman–Crippen MR) is 80.4 cm³/mol. The minimum atomic E-state index is -1.41. The van der Waals surface area contributed by atoms with Crippen LogP contribution in [0.2, 0.25) is 0 Å². The summed E-state index contributed by atoms with van der Waals surface area (Å²) in [6, 6.07) is 6.72. The maximum absolute atomic E-state index is 11.9. The highest BCUT2D eigenvalue weighted by atomic mass is 79.9. The molecule has 0 aliphatic carbocycles. The number of halogens is 1. The summed E-state index contributed by atoms with van der Waals surface area (Å²) in [6.07, 6.45) is 0.202. The van der Waals surface area contributed by atoms with Crippen LogP contribution >= 0.6 is 15.9 Å². The topological polar surface area (TPSA) is 105 Å². The lowest BCUT2D eigenvalue weighted by molar-refractivity contribution is -0.147. The summed E-state index contributed by atoms with van der Waals surface area (Å²) >= 11 is 3.25. The molecule has 0 aromatic heterocycles. The van der Waals surface area contributed by atoms with E-state index in [2.05, 4.69) is 26.6 Å². The van der Waals surface area contributed by atoms with Crippen LogP contribution in [0.1, 0.15) is 16.8 Å². The van der Waals surface area contributed by atoms with Gasteiger partial charge >= 0.3 is 5.97 Å². The lowest BCUT2D eigenvalue weighted by Crippen LogP contribution is -2.57. The van der Waals surface area contributed by atoms with E-state index in [1.165, 1.54) is 0 Å². The quantitative estimate of drug-likeness (QED) is 0.701. The zero-order valence-corrected chi connectivity index (χ0v) is 13.2. The van der Waals surface area contributed by atoms with E-state index < -0.39 is 23.3 Å². The predicted octanol–water partition coefficient (Wildman–Crippen LogP) is 0.539. The molecule has 7 nitrogen and oxygen atoms in total. The number of nitrogens with one attached hydrogen (secondary N) is 2. The number of ether oxygens (including phenoxy) is 1. The van der Waals surface area contributed by atoms with Gasteiger partial charge in [0.15, 0.2) is 5.54 Å². The van der Waals surface area contributed by atoms with E-state index in [1.54, 1.807) is 24.3 Å². The molecule has 0 spiro atoms. The lowest BCUT2D eigenvalue weighted by Gasteiger charge is -2.23. The molecule has 1 unspecified atom stereocenters. The summed E-state index contributed by atoms with van der Waals surface area (Å²) in [5.41, 5.74) is -1.00. The van der Waals surface area contributed by atoms with Crippen LogP contribution in [0, 0.1) is 0 Å². The van der Waals surface area contributed by atoms with Gasteiger partial charge in [0.1, 0.15) is 0 Å². The van der Waals surface area contributed by atoms with Gasteiger partial charge in [0.05, 0.1) is 13.2 Å². The molecule has 1 aromatic carbocycles. The van der Waals surface area contributed by atoms with Gasteiger partial charge in [0, 0.05) is 23.1 Å². The Morgan fingerprint density at radius 1 is 1.36 bits per heavy atom. The molecule has 0 saturated carbocycles. The Morgan fingerprint density at radius 3 is 2.73 bits per heavy atom. The molecule has 3 N–H and O–H groups in total. The Morgan fingerprint density at radius 2 is 2.14 bits per heavy atom. The van der Waals surface area contributed by atoms with E-state index >= 15 is 0 Å². The van der Waals surface area contributed by atoms with Gasteiger partial charge in [0.25, 0.3) is 5.91 Å². The van der Waals surface area contributed by atoms with Gasteiger partial charge in [-0.1, -0.05) is 22.0 Å². The van der Waals surface area contributed by atoms with Gasteiger partial charge in [-0.2, -0.15) is 0 Å². The molecule has 8 heteroatoms. The fourth-order valence-electron chi connectivity index (χ4n) is 2.09. The first-order chi connectivity index (χ1) is 10.4. The summed E-state index contributed by atoms with van der Waals surface area (Å²) in [6.45, 7) is -0.106. The molecule has 2 amide bonds. The van der Waals surface area contributed by atoms with Crippen molar-refractivity contribution in [2.24, 2.45) is 0 Å². The van der Waals surface area contributed by atoms with Crippen molar-refractivity contribution in [1.29, 1.82) is 0 Å². The van der Waals surface area contributed by atoms with Crippen LogP contribution in [0.25, 0.3) is 0 Å². The molecule has 1 heterocycles. The number of carboxylic acid groups (broad SMARTS) is 1. The summed E-state index contributed by atoms with van der Waals surface area (Å²) < 4.78 is 5.79. The molecule has 1 aliphatic rings. The highest BCUT2D eigenvalue weighted by Crippen LogP contribution is 2.18. The van der Waals surface area contributed by atoms with Crippen LogP contribution in [0.15, 0.2) is 28.7 Å². The fourth-order valence-corrected chi connectivity index (χ4v) is 2.49. The first-order valence-electron chi connectivity index (χ1n) is 6.59. The van der Waals surface area contributed by atoms with Crippen molar-refractivity contribution in [3.63, 3.8) is 0 Å². The molecular weight excluding hydrogens is 356 g/mol. The van der Waals surface area contributed by atoms with Crippen molar-refractivity contribution in [3.8, 4) is 0 Å². The average Bonchev–Trinajstić information content (AvgIpc) is 2.94. The second kappa shape index (κ2) is 6.89. The van der Waals surface area contributed by atoms with Crippen molar-refractivity contribution in [3.05, 3.63) is 34.3 Å². The average molecular weight is 371 g/mol. The van der Waals surface area contributed by atoms with Gasteiger partial charge in [0.2, 0.25) is 5.91 Å². The smallest absolute Gasteiger partial charge is 0.331 e. The number of benzene rings is 1. The Labute approximate surface area is 135 Å². The molecule has 1 saturated heterocycles. The summed E-state index contributed by atoms with van der Waals surface area (Å²) in [5.74, 6) is -2.13. The SMILES string of the molecule is O=C(CNC(=O)c1cccc(Br)c1)NC1(C(=O)O)CCOC1. The van der Waals surface area contributed by atoms with Crippen molar-refractivity contribution in [2.75, 3.05) is 19.8 Å². The monoisotopic (exact) mass is 370 g/mol. The van der Waals surface area contributed by atoms with Gasteiger partial charge in [-0.3, -0.25) is 9.59 Å². The minimum Gasteiger partial charge on any atom is -0.479 e. The molecule has 0 bridgehead atoms. The van der Waals surface area contributed by atoms with Crippen LogP contribution in [-0.4, -0.2) is 48.2 Å². The van der Waals surface area contributed by atoms with Crippen molar-refractivity contribution >= 4 is 33.7 Å². The third kappa shape index (κ3) is 3.83. The van der Waals surface area contributed by atoms with Crippen LogP contribution in [0.4, 0.5) is 0 Å². The minimum absolute atomic E-state index is 0.0757. The maximum Gasteiger partial charge on any atom is 0.331 e. The summed E-state index contributed by atoms with van der Waals surface area (Å²) in [5, 5.41) is 14.1. The van der Waals surface area contributed by atoms with Crippen LogP contribution in [-0.2, 0) is 14.3 Å². The van der Waals surface area contributed by atoms with E-state index in [9.17, 15) is 19.5 Å². The highest BCUT2D eigenvalue weighted by Gasteiger charge is 2.43. The number of hydrogen-bond donors (Lipinski definition) is 3. The third-order valence-electron chi connectivity index (χ3n) is 3.31. The Hall–Kier alpha value is -1.93. The third-order valence-corrected chi connectivity index (χ3v) is 3.80. The number of carbonyl (C=O) groups excluding carboxylic acids is 2. The zero-order valence-electron chi connectivity index (χ0n) is 11.6. The van der Waals surface area contributed by atoms with Gasteiger partial charge in [-0.25, -0.2) is 4.79 Å². The first kappa shape index (κ1) is 16.4. The number of rotatable bonds is 5. The highest BCUT2D eigenvalue weighted by molar-refractivity contribution is 9.10. The van der Waals surface area contributed by atoms with Gasteiger partial charge in [-0.15, -0.1) is 0 Å². The fraction of sp³-hybridized carbons (Fsp3) is 0.357. The Kier molecular flexibility index (Phi) is 5.15. The van der Waals surface area contributed by atoms with E-state index in [1.807, 2.05) is 0 Å². The van der Waals surface area contributed by atoms with Crippen molar-refractivity contribution in [1.82, 2.24) is 10.6 Å². The standard InChI is InChI=1S/C14H15BrN2O5/c15-10-3-1-2-9(6-10)12(19)16-7-11(18)17-14(13(20)21)4-5-22-8-14/h1-3,6H,4-5,7-8H2,(H,16,19)(H,17,18)(H,20,21). The van der Waals surface area contributed by atoms with Crippen molar-refractivity contribution in [2.45, 2.75) is 12.0 Å². The first-order valence-corrected chi connectivity index (χ1v) is 7.38. The molecule has 1 aromatic rings. The second-order valence-electron chi connectivity index (χ2n) is 4.93. The largest absolute Gasteiger partial charge is 0.479 e. The summed E-state index contributed by atoms with van der Waals surface area (Å²) in [4.78, 5) is 35.0. The van der Waals surface area contributed by atoms with Gasteiger partial charge < -0.3 is 20.5 Å². The maximum atomic E-state index is 11.9. The second-order valence-corrected chi connectivity index (χ2v) is 5.85. The van der Waals surface area contributed by atoms with Crippen LogP contribution in [0.3, 0.4) is 0 Å². The molecule has 1 aliphatic heterocycles. The lowest BCUT2D eigenvalue weighted by atomic mass is 9.99. The number of aliphatic carboxylic acids is 1. The van der Waals surface area contributed by atoms with Crippen LogP contribution in [0.5, 0.6) is 0 Å². The number of amides is 2. The Bertz CT molecular complexity index is 599. The molecule has 22 heavy (non-hydrogen) atoms. The normalized spacial score (nSPS) is 20.4. The molecule has 2 rings (SSSR count). The number of carboxylic acids is 1. The summed E-state index contributed by atoms with van der Waals surface area (Å²) in [7, 11) is 0. The molecule has 0 radical (unpaired) electrons. The molecule has 1 atom stereocenters. The van der Waals surface area contributed by atoms with E-state index in [4.69, 9.17) is 4.74 Å². The Balaban J connectivity index is 1.90.